The Kier molecular flexibility index (Phi) is 3.90. The molecule has 2 N–H and O–H groups in total. The first-order valence-electron chi connectivity index (χ1n) is 8.24. The molecular weight excluding hydrogens is 312 g/mol. The van der Waals surface area contributed by atoms with Crippen LogP contribution in [0.5, 0.6) is 0 Å². The van der Waals surface area contributed by atoms with Gasteiger partial charge in [-0.2, -0.15) is 5.10 Å². The molecule has 0 saturated carbocycles. The van der Waals surface area contributed by atoms with Crippen LogP contribution in [-0.4, -0.2) is 21.1 Å². The monoisotopic (exact) mass is 330 g/mol. The van der Waals surface area contributed by atoms with E-state index in [9.17, 15) is 4.79 Å². The predicted octanol–water partition coefficient (Wildman–Crippen LogP) is 4.00. The van der Waals surface area contributed by atoms with Gasteiger partial charge in [0.05, 0.1) is 5.69 Å². The predicted molar refractivity (Wildman–Crippen MR) is 97.9 cm³/mol. The molecule has 0 radical (unpaired) electrons. The summed E-state index contributed by atoms with van der Waals surface area (Å²) in [5, 5.41) is 10.3. The molecule has 124 valence electrons. The molecule has 0 fully saturated rings. The number of aromatic amines is 1. The normalized spacial score (nSPS) is 17.1. The van der Waals surface area contributed by atoms with Gasteiger partial charge in [0.1, 0.15) is 0 Å². The Bertz CT molecular complexity index is 929. The first-order chi connectivity index (χ1) is 12.2. The molecule has 1 unspecified atom stereocenters. The first-order valence-corrected chi connectivity index (χ1v) is 8.24. The van der Waals surface area contributed by atoms with Crippen LogP contribution in [0.3, 0.4) is 0 Å². The molecule has 0 aliphatic carbocycles. The molecule has 0 spiro atoms. The number of benzene rings is 1. The molecule has 1 amide bonds. The minimum atomic E-state index is -0.0158. The van der Waals surface area contributed by atoms with E-state index in [1.54, 1.807) is 12.4 Å². The molecular formula is C20H18N4O. The van der Waals surface area contributed by atoms with E-state index in [-0.39, 0.29) is 11.8 Å². The fraction of sp³-hybridized carbons (Fsp3) is 0.150. The zero-order valence-corrected chi connectivity index (χ0v) is 13.9. The lowest BCUT2D eigenvalue weighted by Gasteiger charge is -2.24. The molecule has 0 saturated heterocycles. The second kappa shape index (κ2) is 6.36. The van der Waals surface area contributed by atoms with Crippen molar-refractivity contribution in [1.29, 1.82) is 0 Å². The maximum Gasteiger partial charge on any atom is 0.226 e. The number of amides is 1. The highest BCUT2D eigenvalue weighted by atomic mass is 16.1. The number of fused-ring (bicyclic) bond motifs is 1. The van der Waals surface area contributed by atoms with Crippen LogP contribution in [0.2, 0.25) is 0 Å². The number of carbonyl (C=O) groups excluding carboxylic acids is 1. The van der Waals surface area contributed by atoms with E-state index in [2.05, 4.69) is 45.6 Å². The second-order valence-electron chi connectivity index (χ2n) is 6.21. The van der Waals surface area contributed by atoms with Crippen molar-refractivity contribution >= 4 is 17.8 Å². The average molecular weight is 330 g/mol. The Labute approximate surface area is 145 Å². The van der Waals surface area contributed by atoms with E-state index in [4.69, 9.17) is 0 Å². The smallest absolute Gasteiger partial charge is 0.226 e. The molecule has 1 atom stereocenters. The molecule has 5 heteroatoms. The summed E-state index contributed by atoms with van der Waals surface area (Å²) in [6, 6.07) is 14.0. The number of rotatable bonds is 3. The van der Waals surface area contributed by atoms with Gasteiger partial charge in [0.15, 0.2) is 5.82 Å². The number of hydrogen-bond acceptors (Lipinski definition) is 3. The molecule has 4 rings (SSSR count). The molecule has 1 aliphatic heterocycles. The Morgan fingerprint density at radius 1 is 1.20 bits per heavy atom. The van der Waals surface area contributed by atoms with Crippen molar-refractivity contribution in [2.45, 2.75) is 19.3 Å². The van der Waals surface area contributed by atoms with Gasteiger partial charge >= 0.3 is 0 Å². The maximum atomic E-state index is 12.1. The number of pyridine rings is 1. The molecule has 5 nitrogen and oxygen atoms in total. The highest BCUT2D eigenvalue weighted by Gasteiger charge is 2.31. The zero-order chi connectivity index (χ0) is 17.2. The van der Waals surface area contributed by atoms with Gasteiger partial charge in [-0.3, -0.25) is 14.9 Å². The second-order valence-corrected chi connectivity index (χ2v) is 6.21. The van der Waals surface area contributed by atoms with Gasteiger partial charge in [-0.25, -0.2) is 0 Å². The molecule has 0 bridgehead atoms. The largest absolute Gasteiger partial charge is 0.309 e. The summed E-state index contributed by atoms with van der Waals surface area (Å²) >= 11 is 0. The minimum Gasteiger partial charge on any atom is -0.309 e. The topological polar surface area (TPSA) is 70.7 Å². The highest BCUT2D eigenvalue weighted by molar-refractivity contribution is 5.96. The Morgan fingerprint density at radius 3 is 2.80 bits per heavy atom. The van der Waals surface area contributed by atoms with Crippen LogP contribution < -0.4 is 5.32 Å². The third-order valence-electron chi connectivity index (χ3n) is 4.49. The number of nitrogens with one attached hydrogen (secondary N) is 2. The molecule has 2 aromatic heterocycles. The lowest BCUT2D eigenvalue weighted by Crippen LogP contribution is -2.23. The minimum absolute atomic E-state index is 0.0115. The van der Waals surface area contributed by atoms with Crippen LogP contribution in [0.1, 0.15) is 30.4 Å². The van der Waals surface area contributed by atoms with Gasteiger partial charge in [-0.05, 0) is 24.6 Å². The number of carbonyl (C=O) groups is 1. The van der Waals surface area contributed by atoms with Gasteiger partial charge in [0.25, 0.3) is 0 Å². The highest BCUT2D eigenvalue weighted by Crippen LogP contribution is 2.41. The van der Waals surface area contributed by atoms with E-state index in [0.717, 1.165) is 28.0 Å². The number of aromatic nitrogens is 3. The van der Waals surface area contributed by atoms with Gasteiger partial charge < -0.3 is 5.32 Å². The maximum absolute atomic E-state index is 12.1. The van der Waals surface area contributed by atoms with Crippen molar-refractivity contribution in [3.8, 4) is 11.3 Å². The summed E-state index contributed by atoms with van der Waals surface area (Å²) < 4.78 is 0. The van der Waals surface area contributed by atoms with Crippen LogP contribution in [0.15, 0.2) is 60.4 Å². The molecule has 1 aliphatic rings. The van der Waals surface area contributed by atoms with E-state index >= 15 is 0 Å². The summed E-state index contributed by atoms with van der Waals surface area (Å²) in [7, 11) is 0. The van der Waals surface area contributed by atoms with Crippen molar-refractivity contribution in [2.24, 2.45) is 0 Å². The number of allylic oxidation sites excluding steroid dienone is 1. The van der Waals surface area contributed by atoms with Crippen LogP contribution in [-0.2, 0) is 4.79 Å². The zero-order valence-electron chi connectivity index (χ0n) is 13.9. The average Bonchev–Trinajstić information content (AvgIpc) is 3.06. The Balaban J connectivity index is 1.80. The fourth-order valence-electron chi connectivity index (χ4n) is 3.29. The number of hydrogen-bond donors (Lipinski definition) is 2. The summed E-state index contributed by atoms with van der Waals surface area (Å²) in [5.41, 5.74) is 5.16. The number of nitrogens with zero attached hydrogens (tertiary/aromatic N) is 2. The summed E-state index contributed by atoms with van der Waals surface area (Å²) in [5.74, 6) is 0.585. The molecule has 25 heavy (non-hydrogen) atoms. The number of anilines is 1. The third kappa shape index (κ3) is 2.96. The summed E-state index contributed by atoms with van der Waals surface area (Å²) in [6.07, 6.45) is 6.09. The van der Waals surface area contributed by atoms with Crippen LogP contribution in [0, 0.1) is 0 Å². The first kappa shape index (κ1) is 15.3. The Hall–Kier alpha value is -3.21. The molecule has 1 aromatic carbocycles. The van der Waals surface area contributed by atoms with Crippen LogP contribution >= 0.6 is 0 Å². The van der Waals surface area contributed by atoms with Gasteiger partial charge in [-0.1, -0.05) is 42.0 Å². The van der Waals surface area contributed by atoms with Crippen molar-refractivity contribution < 1.29 is 4.79 Å². The quantitative estimate of drug-likeness (QED) is 0.762. The Morgan fingerprint density at radius 2 is 2.04 bits per heavy atom. The SMILES string of the molecule is C/C(=C\c1ccccc1)C1CC(=O)Nc2n[nH]c(-c3cccnc3)c21. The van der Waals surface area contributed by atoms with Gasteiger partial charge in [0.2, 0.25) is 5.91 Å². The van der Waals surface area contributed by atoms with Crippen molar-refractivity contribution in [1.82, 2.24) is 15.2 Å². The van der Waals surface area contributed by atoms with Crippen molar-refractivity contribution in [3.63, 3.8) is 0 Å². The molecule has 3 heterocycles. The summed E-state index contributed by atoms with van der Waals surface area (Å²) in [6.45, 7) is 2.07. The number of H-pyrrole nitrogens is 1. The third-order valence-corrected chi connectivity index (χ3v) is 4.49. The van der Waals surface area contributed by atoms with Crippen LogP contribution in [0.4, 0.5) is 5.82 Å². The van der Waals surface area contributed by atoms with E-state index < -0.39 is 0 Å². The van der Waals surface area contributed by atoms with Crippen molar-refractivity contribution in [3.05, 3.63) is 71.6 Å². The van der Waals surface area contributed by atoms with Gasteiger partial charge in [-0.15, -0.1) is 0 Å². The standard InChI is InChI=1S/C20H18N4O/c1-13(10-14-6-3-2-4-7-14)16-11-17(25)22-20-18(16)19(23-24-20)15-8-5-9-21-12-15/h2-10,12,16H,11H2,1H3,(H2,22,23,24,25)/b13-10+. The summed E-state index contributed by atoms with van der Waals surface area (Å²) in [4.78, 5) is 16.3. The fourth-order valence-corrected chi connectivity index (χ4v) is 3.29. The van der Waals surface area contributed by atoms with E-state index in [1.807, 2.05) is 30.3 Å². The molecule has 3 aromatic rings. The van der Waals surface area contributed by atoms with E-state index in [1.165, 1.54) is 0 Å². The van der Waals surface area contributed by atoms with Crippen LogP contribution in [0.25, 0.3) is 17.3 Å². The van der Waals surface area contributed by atoms with Crippen molar-refractivity contribution in [2.75, 3.05) is 5.32 Å². The lowest BCUT2D eigenvalue weighted by atomic mass is 9.84. The lowest BCUT2D eigenvalue weighted by molar-refractivity contribution is -0.116. The van der Waals surface area contributed by atoms with E-state index in [0.29, 0.717) is 12.2 Å². The van der Waals surface area contributed by atoms with Gasteiger partial charge in [0, 0.05) is 35.9 Å².